The molecule has 1 aliphatic rings. The maximum atomic E-state index is 12.0. The zero-order valence-corrected chi connectivity index (χ0v) is 18.6. The Kier molecular flexibility index (Phi) is 8.44. The van der Waals surface area contributed by atoms with Crippen LogP contribution in [-0.2, 0) is 11.3 Å². The molecule has 7 nitrogen and oxygen atoms in total. The molecule has 0 aromatic heterocycles. The Hall–Kier alpha value is -2.62. The molecular formula is C21H26IN5O2. The summed E-state index contributed by atoms with van der Waals surface area (Å²) in [5.41, 5.74) is 8.70. The summed E-state index contributed by atoms with van der Waals surface area (Å²) >= 11 is 0. The Morgan fingerprint density at radius 3 is 2.76 bits per heavy atom. The monoisotopic (exact) mass is 507 g/mol. The fourth-order valence-corrected chi connectivity index (χ4v) is 3.24. The van der Waals surface area contributed by atoms with Gasteiger partial charge in [0, 0.05) is 36.7 Å². The number of anilines is 1. The van der Waals surface area contributed by atoms with Crippen LogP contribution in [0.1, 0.15) is 40.7 Å². The van der Waals surface area contributed by atoms with E-state index in [4.69, 9.17) is 5.73 Å². The summed E-state index contributed by atoms with van der Waals surface area (Å²) in [5.74, 6) is 0.309. The number of hydrogen-bond acceptors (Lipinski definition) is 3. The lowest BCUT2D eigenvalue weighted by molar-refractivity contribution is -0.116. The van der Waals surface area contributed by atoms with Gasteiger partial charge in [0.15, 0.2) is 5.96 Å². The molecule has 8 heteroatoms. The van der Waals surface area contributed by atoms with Gasteiger partial charge in [0.2, 0.25) is 11.8 Å². The molecule has 0 saturated heterocycles. The molecule has 0 saturated carbocycles. The number of nitrogens with two attached hydrogens (primary N) is 1. The Labute approximate surface area is 187 Å². The second-order valence-electron chi connectivity index (χ2n) is 6.68. The summed E-state index contributed by atoms with van der Waals surface area (Å²) in [7, 11) is 0. The van der Waals surface area contributed by atoms with Gasteiger partial charge in [-0.3, -0.25) is 9.59 Å². The lowest BCUT2D eigenvalue weighted by Gasteiger charge is -2.26. The quantitative estimate of drug-likeness (QED) is 0.274. The van der Waals surface area contributed by atoms with Crippen molar-refractivity contribution in [2.45, 2.75) is 25.8 Å². The van der Waals surface area contributed by atoms with Crippen molar-refractivity contribution in [2.24, 2.45) is 10.7 Å². The van der Waals surface area contributed by atoms with Crippen molar-refractivity contribution in [3.63, 3.8) is 0 Å². The number of fused-ring (bicyclic) bond motifs is 1. The van der Waals surface area contributed by atoms with E-state index in [1.807, 2.05) is 37.3 Å². The molecule has 3 rings (SSSR count). The first kappa shape index (κ1) is 22.7. The second kappa shape index (κ2) is 10.8. The Morgan fingerprint density at radius 1 is 1.21 bits per heavy atom. The molecule has 0 spiro atoms. The number of nitrogens with one attached hydrogen (secondary N) is 3. The number of guanidine groups is 1. The van der Waals surface area contributed by atoms with E-state index in [0.717, 1.165) is 23.4 Å². The van der Waals surface area contributed by atoms with E-state index in [0.29, 0.717) is 31.0 Å². The number of carbonyl (C=O) groups is 2. The van der Waals surface area contributed by atoms with Crippen molar-refractivity contribution in [2.75, 3.05) is 18.4 Å². The molecule has 1 atom stereocenters. The van der Waals surface area contributed by atoms with Crippen LogP contribution in [0.3, 0.4) is 0 Å². The van der Waals surface area contributed by atoms with Crippen LogP contribution >= 0.6 is 24.0 Å². The molecule has 0 fully saturated rings. The van der Waals surface area contributed by atoms with Crippen LogP contribution in [0.5, 0.6) is 0 Å². The molecule has 1 heterocycles. The van der Waals surface area contributed by atoms with Crippen LogP contribution in [0.15, 0.2) is 53.5 Å². The summed E-state index contributed by atoms with van der Waals surface area (Å²) in [6.07, 6.45) is 0.435. The highest BCUT2D eigenvalue weighted by atomic mass is 127. The van der Waals surface area contributed by atoms with Crippen LogP contribution in [0.4, 0.5) is 5.69 Å². The van der Waals surface area contributed by atoms with Gasteiger partial charge in [-0.2, -0.15) is 0 Å². The largest absolute Gasteiger partial charge is 0.366 e. The van der Waals surface area contributed by atoms with Crippen molar-refractivity contribution in [1.29, 1.82) is 0 Å². The van der Waals surface area contributed by atoms with Crippen molar-refractivity contribution in [1.82, 2.24) is 10.6 Å². The minimum atomic E-state index is -0.454. The van der Waals surface area contributed by atoms with Crippen LogP contribution in [0.2, 0.25) is 0 Å². The number of amides is 2. The van der Waals surface area contributed by atoms with Gasteiger partial charge in [0.05, 0.1) is 6.54 Å². The molecule has 2 amide bonds. The lowest BCUT2D eigenvalue weighted by atomic mass is 9.90. The average molecular weight is 507 g/mol. The zero-order valence-electron chi connectivity index (χ0n) is 16.3. The number of aliphatic imine (C=N–C) groups is 1. The van der Waals surface area contributed by atoms with E-state index in [2.05, 4.69) is 20.9 Å². The number of para-hydroxylation sites is 1. The molecule has 154 valence electrons. The Balaban J connectivity index is 0.00000300. The number of benzene rings is 2. The smallest absolute Gasteiger partial charge is 0.248 e. The number of primary amides is 1. The molecule has 5 N–H and O–H groups in total. The number of hydrogen-bond donors (Lipinski definition) is 4. The summed E-state index contributed by atoms with van der Waals surface area (Å²) in [5, 5.41) is 9.45. The van der Waals surface area contributed by atoms with Crippen LogP contribution in [0, 0.1) is 0 Å². The van der Waals surface area contributed by atoms with Gasteiger partial charge in [-0.1, -0.05) is 30.3 Å². The predicted molar refractivity (Wildman–Crippen MR) is 126 cm³/mol. The molecule has 0 radical (unpaired) electrons. The van der Waals surface area contributed by atoms with Gasteiger partial charge < -0.3 is 21.7 Å². The van der Waals surface area contributed by atoms with Gasteiger partial charge in [-0.05, 0) is 36.2 Å². The summed E-state index contributed by atoms with van der Waals surface area (Å²) < 4.78 is 0. The predicted octanol–water partition coefficient (Wildman–Crippen LogP) is 2.58. The van der Waals surface area contributed by atoms with Crippen molar-refractivity contribution < 1.29 is 9.59 Å². The molecule has 0 bridgehead atoms. The molecule has 29 heavy (non-hydrogen) atoms. The highest BCUT2D eigenvalue weighted by Crippen LogP contribution is 2.31. The molecule has 0 aliphatic carbocycles. The minimum absolute atomic E-state index is 0. The average Bonchev–Trinajstić information content (AvgIpc) is 2.70. The first-order valence-corrected chi connectivity index (χ1v) is 9.36. The fourth-order valence-electron chi connectivity index (χ4n) is 3.24. The topological polar surface area (TPSA) is 109 Å². The fraction of sp³-hybridized carbons (Fsp3) is 0.286. The van der Waals surface area contributed by atoms with E-state index in [-0.39, 0.29) is 35.8 Å². The molecule has 1 unspecified atom stereocenters. The highest BCUT2D eigenvalue weighted by molar-refractivity contribution is 14.0. The number of rotatable bonds is 6. The minimum Gasteiger partial charge on any atom is -0.366 e. The standard InChI is InChI=1S/C21H25N5O2.HI/c1-2-23-21(24-12-14-6-5-7-15(10-14)20(22)28)25-13-16-11-19(27)26-18-9-4-3-8-17(16)18;/h3-10,16H,2,11-13H2,1H3,(H2,22,28)(H,26,27)(H2,23,24,25);1H. The van der Waals surface area contributed by atoms with Crippen molar-refractivity contribution in [3.05, 3.63) is 65.2 Å². The molecule has 2 aromatic rings. The normalized spacial score (nSPS) is 15.6. The van der Waals surface area contributed by atoms with E-state index < -0.39 is 5.91 Å². The van der Waals surface area contributed by atoms with E-state index in [1.165, 1.54) is 0 Å². The summed E-state index contributed by atoms with van der Waals surface area (Å²) in [6, 6.07) is 15.0. The van der Waals surface area contributed by atoms with E-state index in [9.17, 15) is 9.59 Å². The van der Waals surface area contributed by atoms with Crippen molar-refractivity contribution in [3.8, 4) is 0 Å². The van der Waals surface area contributed by atoms with E-state index in [1.54, 1.807) is 18.2 Å². The summed E-state index contributed by atoms with van der Waals surface area (Å²) in [4.78, 5) is 27.9. The third kappa shape index (κ3) is 6.18. The maximum absolute atomic E-state index is 12.0. The van der Waals surface area contributed by atoms with E-state index >= 15 is 0 Å². The number of nitrogens with zero attached hydrogens (tertiary/aromatic N) is 1. The van der Waals surface area contributed by atoms with Crippen LogP contribution < -0.4 is 21.7 Å². The Morgan fingerprint density at radius 2 is 2.00 bits per heavy atom. The number of halogens is 1. The summed E-state index contributed by atoms with van der Waals surface area (Å²) in [6.45, 7) is 3.72. The second-order valence-corrected chi connectivity index (χ2v) is 6.68. The van der Waals surface area contributed by atoms with Crippen molar-refractivity contribution >= 4 is 47.4 Å². The Bertz CT molecular complexity index is 900. The van der Waals surface area contributed by atoms with Gasteiger partial charge in [0.1, 0.15) is 0 Å². The molecule has 1 aliphatic heterocycles. The first-order chi connectivity index (χ1) is 13.6. The van der Waals surface area contributed by atoms with Gasteiger partial charge in [0.25, 0.3) is 0 Å². The van der Waals surface area contributed by atoms with Gasteiger partial charge in [-0.25, -0.2) is 4.99 Å². The lowest BCUT2D eigenvalue weighted by Crippen LogP contribution is -2.40. The third-order valence-corrected chi connectivity index (χ3v) is 4.60. The van der Waals surface area contributed by atoms with Gasteiger partial charge >= 0.3 is 0 Å². The first-order valence-electron chi connectivity index (χ1n) is 9.36. The van der Waals surface area contributed by atoms with Crippen LogP contribution in [0.25, 0.3) is 0 Å². The van der Waals surface area contributed by atoms with Crippen LogP contribution in [-0.4, -0.2) is 30.9 Å². The van der Waals surface area contributed by atoms with Gasteiger partial charge in [-0.15, -0.1) is 24.0 Å². The molecular weight excluding hydrogens is 481 g/mol. The third-order valence-electron chi connectivity index (χ3n) is 4.60. The SMILES string of the molecule is CCNC(=NCc1cccc(C(N)=O)c1)NCC1CC(=O)Nc2ccccc21.I. The highest BCUT2D eigenvalue weighted by Gasteiger charge is 2.24. The maximum Gasteiger partial charge on any atom is 0.248 e. The molecule has 2 aromatic carbocycles. The number of carbonyl (C=O) groups excluding carboxylic acids is 2. The zero-order chi connectivity index (χ0) is 19.9.